The summed E-state index contributed by atoms with van der Waals surface area (Å²) in [5.74, 6) is 0.590. The topological polar surface area (TPSA) is 69.4 Å². The van der Waals surface area contributed by atoms with Crippen LogP contribution in [0.1, 0.15) is 89.8 Å². The SMILES string of the molecule is CC(C)CCc1ccc(C(=CC2(C=C(c3ccccc3)c3ccc(CCC(C)C)cc3)OC(=O)c3cccc([N+](=O)[O-])c32)c2ccccc2)cc1. The first-order valence-electron chi connectivity index (χ1n) is 17.9. The molecule has 0 saturated heterocycles. The Bertz CT molecular complexity index is 1930. The van der Waals surface area contributed by atoms with Crippen LogP contribution in [0.2, 0.25) is 0 Å². The molecule has 0 amide bonds. The number of rotatable bonds is 13. The molecule has 0 atom stereocenters. The number of nitrogens with zero attached hydrogens (tertiary/aromatic N) is 1. The molecule has 5 aromatic carbocycles. The third-order valence-corrected chi connectivity index (χ3v) is 9.55. The van der Waals surface area contributed by atoms with Gasteiger partial charge < -0.3 is 4.74 Å². The molecule has 1 heterocycles. The Morgan fingerprint density at radius 3 is 1.47 bits per heavy atom. The molecule has 1 aliphatic heterocycles. The molecule has 0 bridgehead atoms. The van der Waals surface area contributed by atoms with Gasteiger partial charge in [0.1, 0.15) is 0 Å². The number of nitro groups is 1. The molecule has 1 aliphatic rings. The molecule has 0 aromatic heterocycles. The molecular weight excluding hydrogens is 631 g/mol. The van der Waals surface area contributed by atoms with E-state index in [1.807, 2.05) is 72.8 Å². The average molecular weight is 676 g/mol. The first-order valence-corrected chi connectivity index (χ1v) is 17.9. The summed E-state index contributed by atoms with van der Waals surface area (Å²) in [6.45, 7) is 8.90. The maximum Gasteiger partial charge on any atom is 0.340 e. The van der Waals surface area contributed by atoms with E-state index >= 15 is 0 Å². The molecule has 258 valence electrons. The van der Waals surface area contributed by atoms with Crippen molar-refractivity contribution in [3.63, 3.8) is 0 Å². The van der Waals surface area contributed by atoms with E-state index in [1.54, 1.807) is 12.1 Å². The molecule has 5 heteroatoms. The van der Waals surface area contributed by atoms with Gasteiger partial charge in [0.15, 0.2) is 5.60 Å². The average Bonchev–Trinajstić information content (AvgIpc) is 3.43. The van der Waals surface area contributed by atoms with Crippen LogP contribution in [0.15, 0.2) is 140 Å². The van der Waals surface area contributed by atoms with Gasteiger partial charge in [0.2, 0.25) is 0 Å². The molecule has 0 N–H and O–H groups in total. The highest BCUT2D eigenvalue weighted by Gasteiger charge is 2.48. The minimum absolute atomic E-state index is 0.168. The maximum atomic E-state index is 13.8. The van der Waals surface area contributed by atoms with Gasteiger partial charge in [-0.15, -0.1) is 0 Å². The Balaban J connectivity index is 1.62. The monoisotopic (exact) mass is 675 g/mol. The predicted octanol–water partition coefficient (Wildman–Crippen LogP) is 11.4. The first kappa shape index (κ1) is 35.3. The molecule has 0 saturated carbocycles. The maximum absolute atomic E-state index is 13.8. The fourth-order valence-corrected chi connectivity index (χ4v) is 6.72. The summed E-state index contributed by atoms with van der Waals surface area (Å²) >= 11 is 0. The minimum atomic E-state index is -1.61. The number of benzene rings is 5. The summed E-state index contributed by atoms with van der Waals surface area (Å²) in [6.07, 6.45) is 7.94. The highest BCUT2D eigenvalue weighted by atomic mass is 16.6. The fraction of sp³-hybridized carbons (Fsp3) is 0.239. The summed E-state index contributed by atoms with van der Waals surface area (Å²) in [5, 5.41) is 12.7. The lowest BCUT2D eigenvalue weighted by Crippen LogP contribution is -2.23. The van der Waals surface area contributed by atoms with Crippen LogP contribution in [0.5, 0.6) is 0 Å². The van der Waals surface area contributed by atoms with E-state index in [0.717, 1.165) is 59.1 Å². The fourth-order valence-electron chi connectivity index (χ4n) is 6.72. The second-order valence-electron chi connectivity index (χ2n) is 14.2. The Hall–Kier alpha value is -5.55. The molecule has 0 spiro atoms. The Morgan fingerprint density at radius 1 is 0.627 bits per heavy atom. The van der Waals surface area contributed by atoms with Crippen LogP contribution >= 0.6 is 0 Å². The second kappa shape index (κ2) is 15.6. The van der Waals surface area contributed by atoms with Crippen molar-refractivity contribution >= 4 is 22.8 Å². The first-order chi connectivity index (χ1) is 24.6. The molecule has 0 unspecified atom stereocenters. The third-order valence-electron chi connectivity index (χ3n) is 9.55. The summed E-state index contributed by atoms with van der Waals surface area (Å²) in [7, 11) is 0. The highest BCUT2D eigenvalue weighted by molar-refractivity contribution is 5.99. The van der Waals surface area contributed by atoms with E-state index in [9.17, 15) is 14.9 Å². The van der Waals surface area contributed by atoms with Gasteiger partial charge >= 0.3 is 5.97 Å². The van der Waals surface area contributed by atoms with Gasteiger partial charge in [0.25, 0.3) is 5.69 Å². The van der Waals surface area contributed by atoms with Crippen molar-refractivity contribution in [2.24, 2.45) is 11.8 Å². The number of hydrogen-bond acceptors (Lipinski definition) is 4. The van der Waals surface area contributed by atoms with Gasteiger partial charge in [-0.3, -0.25) is 10.1 Å². The van der Waals surface area contributed by atoms with E-state index in [2.05, 4.69) is 76.2 Å². The van der Waals surface area contributed by atoms with Crippen molar-refractivity contribution < 1.29 is 14.5 Å². The molecule has 6 rings (SSSR count). The summed E-state index contributed by atoms with van der Waals surface area (Å²) in [6, 6.07) is 41.4. The van der Waals surface area contributed by atoms with Gasteiger partial charge in [-0.25, -0.2) is 4.79 Å². The van der Waals surface area contributed by atoms with Crippen LogP contribution in [-0.2, 0) is 23.2 Å². The van der Waals surface area contributed by atoms with E-state index < -0.39 is 16.5 Å². The van der Waals surface area contributed by atoms with Crippen LogP contribution in [-0.4, -0.2) is 10.9 Å². The zero-order chi connectivity index (χ0) is 36.0. The minimum Gasteiger partial charge on any atom is -0.442 e. The lowest BCUT2D eigenvalue weighted by atomic mass is 9.82. The van der Waals surface area contributed by atoms with Crippen LogP contribution in [0.25, 0.3) is 11.1 Å². The van der Waals surface area contributed by atoms with Gasteiger partial charge in [-0.05, 0) is 100 Å². The zero-order valence-electron chi connectivity index (χ0n) is 29.8. The van der Waals surface area contributed by atoms with Crippen molar-refractivity contribution in [2.75, 3.05) is 0 Å². The Kier molecular flexibility index (Phi) is 10.8. The number of hydrogen-bond donors (Lipinski definition) is 0. The number of fused-ring (bicyclic) bond motifs is 1. The lowest BCUT2D eigenvalue weighted by molar-refractivity contribution is -0.386. The number of esters is 1. The van der Waals surface area contributed by atoms with Crippen molar-refractivity contribution in [3.05, 3.63) is 194 Å². The number of aryl methyl sites for hydroxylation is 2. The smallest absolute Gasteiger partial charge is 0.340 e. The van der Waals surface area contributed by atoms with Crippen molar-refractivity contribution in [3.8, 4) is 0 Å². The number of cyclic esters (lactones) is 1. The van der Waals surface area contributed by atoms with Crippen LogP contribution in [0.4, 0.5) is 5.69 Å². The quantitative estimate of drug-likeness (QED) is 0.0707. The molecule has 5 nitrogen and oxygen atoms in total. The van der Waals surface area contributed by atoms with E-state index in [0.29, 0.717) is 11.8 Å². The van der Waals surface area contributed by atoms with E-state index in [1.165, 1.54) is 17.2 Å². The second-order valence-corrected chi connectivity index (χ2v) is 14.2. The number of nitro benzene ring substituents is 1. The van der Waals surface area contributed by atoms with E-state index in [-0.39, 0.29) is 16.8 Å². The van der Waals surface area contributed by atoms with Crippen molar-refractivity contribution in [1.29, 1.82) is 0 Å². The molecule has 51 heavy (non-hydrogen) atoms. The predicted molar refractivity (Wildman–Crippen MR) is 206 cm³/mol. The van der Waals surface area contributed by atoms with Crippen LogP contribution < -0.4 is 0 Å². The van der Waals surface area contributed by atoms with Gasteiger partial charge in [0.05, 0.1) is 16.1 Å². The Morgan fingerprint density at radius 2 is 1.06 bits per heavy atom. The summed E-state index contributed by atoms with van der Waals surface area (Å²) in [5.41, 5.74) is 6.36. The molecule has 0 radical (unpaired) electrons. The molecule has 0 fully saturated rings. The number of carbonyl (C=O) groups excluding carboxylic acids is 1. The zero-order valence-corrected chi connectivity index (χ0v) is 29.8. The largest absolute Gasteiger partial charge is 0.442 e. The third kappa shape index (κ3) is 8.10. The highest BCUT2D eigenvalue weighted by Crippen LogP contribution is 2.48. The van der Waals surface area contributed by atoms with Crippen LogP contribution in [0, 0.1) is 22.0 Å². The van der Waals surface area contributed by atoms with Gasteiger partial charge in [0, 0.05) is 6.07 Å². The molecular formula is C46H45NO4. The molecule has 5 aromatic rings. The molecule has 0 aliphatic carbocycles. The normalized spacial score (nSPS) is 16.0. The van der Waals surface area contributed by atoms with Crippen molar-refractivity contribution in [1.82, 2.24) is 0 Å². The standard InChI is InChI=1S/C46H45NO4/c1-32(2)18-20-34-22-26-38(27-23-34)41(36-12-7-5-8-13-36)30-46(44-40(45(48)51-46)16-11-17-43(44)47(49)50)31-42(37-14-9-6-10-15-37)39-28-24-35(25-29-39)21-19-33(3)4/h5-17,22-33H,18-21H2,1-4H3. The number of ether oxygens (including phenoxy) is 1. The van der Waals surface area contributed by atoms with Crippen LogP contribution in [0.3, 0.4) is 0 Å². The van der Waals surface area contributed by atoms with Crippen molar-refractivity contribution in [2.45, 2.75) is 59.0 Å². The van der Waals surface area contributed by atoms with E-state index in [4.69, 9.17) is 4.74 Å². The lowest BCUT2D eigenvalue weighted by Gasteiger charge is -2.26. The number of carbonyl (C=O) groups is 1. The Labute approximate surface area is 301 Å². The van der Waals surface area contributed by atoms with Gasteiger partial charge in [-0.1, -0.05) is 143 Å². The summed E-state index contributed by atoms with van der Waals surface area (Å²) in [4.78, 5) is 26.1. The van der Waals surface area contributed by atoms with Gasteiger partial charge in [-0.2, -0.15) is 0 Å². The summed E-state index contributed by atoms with van der Waals surface area (Å²) < 4.78 is 6.44.